The summed E-state index contributed by atoms with van der Waals surface area (Å²) in [5.74, 6) is 0.200. The summed E-state index contributed by atoms with van der Waals surface area (Å²) < 4.78 is 85.4. The first-order valence-corrected chi connectivity index (χ1v) is 10.4. The molecule has 0 fully saturated rings. The van der Waals surface area contributed by atoms with Crippen LogP contribution in [-0.4, -0.2) is 21.6 Å². The van der Waals surface area contributed by atoms with Gasteiger partial charge in [0.15, 0.2) is 11.5 Å². The van der Waals surface area contributed by atoms with Crippen molar-refractivity contribution in [2.75, 3.05) is 13.2 Å². The Bertz CT molecular complexity index is 1260. The maximum absolute atomic E-state index is 13.1. The molecule has 0 radical (unpaired) electrons. The van der Waals surface area contributed by atoms with Crippen LogP contribution in [0.25, 0.3) is 11.0 Å². The summed E-state index contributed by atoms with van der Waals surface area (Å²) in [6.45, 7) is 4.07. The number of ether oxygens (including phenoxy) is 2. The lowest BCUT2D eigenvalue weighted by molar-refractivity contribution is -0.136. The summed E-state index contributed by atoms with van der Waals surface area (Å²) >= 11 is 0. The number of benzene rings is 2. The molecule has 0 aliphatic rings. The molecule has 0 saturated heterocycles. The second-order valence-corrected chi connectivity index (χ2v) is 7.69. The van der Waals surface area contributed by atoms with Crippen LogP contribution in [0, 0.1) is 0 Å². The molecule has 7 nitrogen and oxygen atoms in total. The highest BCUT2D eigenvalue weighted by Gasteiger charge is 2.34. The average molecular weight is 458 g/mol. The minimum absolute atomic E-state index is 0.188. The maximum atomic E-state index is 13.1. The quantitative estimate of drug-likeness (QED) is 0.383. The average Bonchev–Trinajstić information content (AvgIpc) is 2.67. The van der Waals surface area contributed by atoms with Crippen LogP contribution in [0.15, 0.2) is 56.6 Å². The van der Waals surface area contributed by atoms with E-state index in [9.17, 15) is 26.4 Å². The summed E-state index contributed by atoms with van der Waals surface area (Å²) in [6, 6.07) is 7.09. The van der Waals surface area contributed by atoms with Crippen molar-refractivity contribution in [2.24, 2.45) is 0 Å². The van der Waals surface area contributed by atoms with Gasteiger partial charge in [-0.3, -0.25) is 0 Å². The van der Waals surface area contributed by atoms with Gasteiger partial charge < -0.3 is 18.1 Å². The van der Waals surface area contributed by atoms with E-state index >= 15 is 0 Å². The van der Waals surface area contributed by atoms with E-state index in [1.165, 1.54) is 18.2 Å². The Balaban J connectivity index is 2.00. The molecule has 0 atom stereocenters. The fourth-order valence-corrected chi connectivity index (χ4v) is 3.73. The fourth-order valence-electron chi connectivity index (χ4n) is 2.79. The summed E-state index contributed by atoms with van der Waals surface area (Å²) in [5, 5.41) is -0.406. The van der Waals surface area contributed by atoms with Crippen molar-refractivity contribution in [3.05, 3.63) is 58.4 Å². The molecule has 0 aliphatic carbocycles. The van der Waals surface area contributed by atoms with Crippen LogP contribution in [0.1, 0.15) is 19.4 Å². The minimum atomic E-state index is -4.79. The van der Waals surface area contributed by atoms with E-state index in [-0.39, 0.29) is 23.0 Å². The zero-order valence-corrected chi connectivity index (χ0v) is 17.2. The SMILES string of the molecule is CCOc1ccc(S(=O)(=O)Oc2ccc3c(C(F)(F)F)cc(=O)oc3c2)cc1OCC. The normalized spacial score (nSPS) is 12.0. The zero-order chi connectivity index (χ0) is 22.8. The first-order valence-electron chi connectivity index (χ1n) is 9.04. The lowest BCUT2D eigenvalue weighted by Gasteiger charge is -2.13. The predicted molar refractivity (Wildman–Crippen MR) is 104 cm³/mol. The topological polar surface area (TPSA) is 92.0 Å². The lowest BCUT2D eigenvalue weighted by Crippen LogP contribution is -2.12. The molecule has 0 spiro atoms. The van der Waals surface area contributed by atoms with E-state index in [0.717, 1.165) is 18.2 Å². The van der Waals surface area contributed by atoms with E-state index in [4.69, 9.17) is 18.1 Å². The molecule has 2 aromatic carbocycles. The standard InChI is InChI=1S/C20H17F3O7S/c1-3-27-16-8-6-13(10-18(16)28-4-2)31(25,26)30-12-5-7-14-15(20(21,22)23)11-19(24)29-17(14)9-12/h5-11H,3-4H2,1-2H3. The number of rotatable bonds is 7. The molecule has 0 unspecified atom stereocenters. The van der Waals surface area contributed by atoms with Crippen LogP contribution in [0.3, 0.4) is 0 Å². The molecule has 166 valence electrons. The van der Waals surface area contributed by atoms with Crippen molar-refractivity contribution >= 4 is 21.1 Å². The highest BCUT2D eigenvalue weighted by molar-refractivity contribution is 7.87. The van der Waals surface area contributed by atoms with Crippen LogP contribution in [0.5, 0.6) is 17.2 Å². The molecule has 1 heterocycles. The second kappa shape index (κ2) is 8.50. The molecule has 0 amide bonds. The van der Waals surface area contributed by atoms with Gasteiger partial charge in [-0.05, 0) is 38.1 Å². The Hall–Kier alpha value is -3.21. The largest absolute Gasteiger partial charge is 0.490 e. The van der Waals surface area contributed by atoms with Gasteiger partial charge in [-0.2, -0.15) is 21.6 Å². The Morgan fingerprint density at radius 1 is 0.935 bits per heavy atom. The number of hydrogen-bond acceptors (Lipinski definition) is 7. The van der Waals surface area contributed by atoms with Gasteiger partial charge in [0, 0.05) is 23.6 Å². The van der Waals surface area contributed by atoms with Gasteiger partial charge in [0.05, 0.1) is 18.8 Å². The smallest absolute Gasteiger partial charge is 0.417 e. The van der Waals surface area contributed by atoms with Gasteiger partial charge in [0.1, 0.15) is 16.2 Å². The number of fused-ring (bicyclic) bond motifs is 1. The monoisotopic (exact) mass is 458 g/mol. The van der Waals surface area contributed by atoms with Crippen molar-refractivity contribution < 1.29 is 39.7 Å². The zero-order valence-electron chi connectivity index (χ0n) is 16.4. The van der Waals surface area contributed by atoms with Gasteiger partial charge in [0.25, 0.3) is 0 Å². The molecule has 1 aromatic heterocycles. The Labute approximate surface area is 175 Å². The van der Waals surface area contributed by atoms with Crippen molar-refractivity contribution in [2.45, 2.75) is 24.9 Å². The Morgan fingerprint density at radius 2 is 1.61 bits per heavy atom. The highest BCUT2D eigenvalue weighted by Crippen LogP contribution is 2.36. The van der Waals surface area contributed by atoms with Gasteiger partial charge in [-0.1, -0.05) is 0 Å². The fraction of sp³-hybridized carbons (Fsp3) is 0.250. The summed E-state index contributed by atoms with van der Waals surface area (Å²) in [4.78, 5) is 11.2. The first-order chi connectivity index (χ1) is 14.5. The molecule has 31 heavy (non-hydrogen) atoms. The van der Waals surface area contributed by atoms with Crippen LogP contribution in [0.4, 0.5) is 13.2 Å². The van der Waals surface area contributed by atoms with Gasteiger partial charge in [0.2, 0.25) is 0 Å². The van der Waals surface area contributed by atoms with E-state index in [2.05, 4.69) is 0 Å². The summed E-state index contributed by atoms with van der Waals surface area (Å²) in [6.07, 6.45) is -4.79. The maximum Gasteiger partial charge on any atom is 0.417 e. The lowest BCUT2D eigenvalue weighted by atomic mass is 10.1. The Kier molecular flexibility index (Phi) is 6.16. The molecule has 0 saturated carbocycles. The molecular formula is C20H17F3O7S. The first kappa shape index (κ1) is 22.5. The third-order valence-corrected chi connectivity index (χ3v) is 5.27. The molecule has 3 rings (SSSR count). The number of halogens is 3. The minimum Gasteiger partial charge on any atom is -0.490 e. The molecule has 0 aliphatic heterocycles. The van der Waals surface area contributed by atoms with Crippen molar-refractivity contribution in [3.63, 3.8) is 0 Å². The van der Waals surface area contributed by atoms with E-state index in [1.54, 1.807) is 13.8 Å². The van der Waals surface area contributed by atoms with E-state index in [1.807, 2.05) is 0 Å². The summed E-state index contributed by atoms with van der Waals surface area (Å²) in [5.41, 5.74) is -2.89. The number of alkyl halides is 3. The van der Waals surface area contributed by atoms with Crippen molar-refractivity contribution in [1.29, 1.82) is 0 Å². The highest BCUT2D eigenvalue weighted by atomic mass is 32.2. The van der Waals surface area contributed by atoms with Gasteiger partial charge in [-0.15, -0.1) is 0 Å². The summed E-state index contributed by atoms with van der Waals surface area (Å²) in [7, 11) is -4.38. The molecule has 11 heteroatoms. The van der Waals surface area contributed by atoms with E-state index < -0.39 is 38.5 Å². The molecule has 0 bridgehead atoms. The molecule has 3 aromatic rings. The van der Waals surface area contributed by atoms with Crippen LogP contribution in [-0.2, 0) is 16.3 Å². The van der Waals surface area contributed by atoms with Crippen LogP contribution in [0.2, 0.25) is 0 Å². The van der Waals surface area contributed by atoms with Crippen molar-refractivity contribution in [1.82, 2.24) is 0 Å². The predicted octanol–water partition coefficient (Wildman–Crippen LogP) is 4.38. The third-order valence-electron chi connectivity index (χ3n) is 4.03. The Morgan fingerprint density at radius 3 is 2.26 bits per heavy atom. The van der Waals surface area contributed by atoms with Gasteiger partial charge >= 0.3 is 21.9 Å². The number of hydrogen-bond donors (Lipinski definition) is 0. The van der Waals surface area contributed by atoms with E-state index in [0.29, 0.717) is 18.4 Å². The van der Waals surface area contributed by atoms with Crippen LogP contribution >= 0.6 is 0 Å². The van der Waals surface area contributed by atoms with Crippen molar-refractivity contribution in [3.8, 4) is 17.2 Å². The van der Waals surface area contributed by atoms with Crippen LogP contribution < -0.4 is 19.3 Å². The second-order valence-electron chi connectivity index (χ2n) is 6.15. The molecule has 0 N–H and O–H groups in total. The molecular weight excluding hydrogens is 441 g/mol. The third kappa shape index (κ3) is 4.93. The van der Waals surface area contributed by atoms with Gasteiger partial charge in [-0.25, -0.2) is 4.79 Å².